The summed E-state index contributed by atoms with van der Waals surface area (Å²) < 4.78 is 0. The largest absolute Gasteiger partial charge is 0.481 e. The van der Waals surface area contributed by atoms with Gasteiger partial charge in [0.1, 0.15) is 0 Å². The van der Waals surface area contributed by atoms with Gasteiger partial charge in [-0.15, -0.1) is 0 Å². The second-order valence-corrected chi connectivity index (χ2v) is 6.15. The number of hydrogen-bond acceptors (Lipinski definition) is 2. The first-order chi connectivity index (χ1) is 10.6. The summed E-state index contributed by atoms with van der Waals surface area (Å²) >= 11 is 0. The second kappa shape index (κ2) is 7.43. The molecule has 1 fully saturated rings. The third kappa shape index (κ3) is 3.67. The summed E-state index contributed by atoms with van der Waals surface area (Å²) in [6.07, 6.45) is 2.50. The van der Waals surface area contributed by atoms with E-state index in [1.165, 1.54) is 0 Å². The molecule has 22 heavy (non-hydrogen) atoms. The highest BCUT2D eigenvalue weighted by Crippen LogP contribution is 2.33. The van der Waals surface area contributed by atoms with Crippen LogP contribution in [0.4, 0.5) is 0 Å². The van der Waals surface area contributed by atoms with Gasteiger partial charge in [0.2, 0.25) is 5.91 Å². The number of benzene rings is 1. The summed E-state index contributed by atoms with van der Waals surface area (Å²) in [5, 5.41) is 9.48. The van der Waals surface area contributed by atoms with Crippen molar-refractivity contribution in [3.05, 3.63) is 35.9 Å². The Hall–Kier alpha value is -1.84. The highest BCUT2D eigenvalue weighted by molar-refractivity contribution is 5.79. The topological polar surface area (TPSA) is 57.6 Å². The van der Waals surface area contributed by atoms with Crippen molar-refractivity contribution in [1.29, 1.82) is 0 Å². The molecule has 0 saturated carbocycles. The number of carboxylic acids is 1. The molecule has 120 valence electrons. The molecule has 2 rings (SSSR count). The quantitative estimate of drug-likeness (QED) is 0.878. The van der Waals surface area contributed by atoms with Gasteiger partial charge in [-0.2, -0.15) is 0 Å². The lowest BCUT2D eigenvalue weighted by Gasteiger charge is -2.19. The Balaban J connectivity index is 2.10. The molecule has 1 aromatic carbocycles. The van der Waals surface area contributed by atoms with Gasteiger partial charge >= 0.3 is 5.97 Å². The van der Waals surface area contributed by atoms with E-state index in [9.17, 15) is 14.7 Å². The minimum absolute atomic E-state index is 0.0957. The molecule has 1 amide bonds. The summed E-state index contributed by atoms with van der Waals surface area (Å²) in [5.41, 5.74) is 1.01. The minimum atomic E-state index is -0.813. The number of likely N-dealkylation sites (tertiary alicyclic amines) is 1. The Morgan fingerprint density at radius 1 is 1.18 bits per heavy atom. The average Bonchev–Trinajstić information content (AvgIpc) is 2.99. The van der Waals surface area contributed by atoms with Crippen molar-refractivity contribution in [3.63, 3.8) is 0 Å². The lowest BCUT2D eigenvalue weighted by molar-refractivity contribution is -0.141. The third-order valence-electron chi connectivity index (χ3n) is 4.84. The third-order valence-corrected chi connectivity index (χ3v) is 4.84. The van der Waals surface area contributed by atoms with Crippen molar-refractivity contribution in [2.75, 3.05) is 13.1 Å². The molecule has 4 nitrogen and oxygen atoms in total. The SMILES string of the molecule is CCC(CC)CC(=O)N1CC(C(=O)O)C(c2ccccc2)C1. The van der Waals surface area contributed by atoms with Crippen LogP contribution in [0.5, 0.6) is 0 Å². The number of amides is 1. The second-order valence-electron chi connectivity index (χ2n) is 6.15. The van der Waals surface area contributed by atoms with Gasteiger partial charge in [0.15, 0.2) is 0 Å². The predicted molar refractivity (Wildman–Crippen MR) is 85.6 cm³/mol. The highest BCUT2D eigenvalue weighted by Gasteiger charge is 2.40. The van der Waals surface area contributed by atoms with Crippen LogP contribution in [0.2, 0.25) is 0 Å². The molecule has 0 aromatic heterocycles. The fourth-order valence-corrected chi connectivity index (χ4v) is 3.25. The number of nitrogens with zero attached hydrogens (tertiary/aromatic N) is 1. The van der Waals surface area contributed by atoms with Crippen LogP contribution >= 0.6 is 0 Å². The first kappa shape index (κ1) is 16.5. The van der Waals surface area contributed by atoms with Crippen LogP contribution < -0.4 is 0 Å². The van der Waals surface area contributed by atoms with Crippen molar-refractivity contribution < 1.29 is 14.7 Å². The van der Waals surface area contributed by atoms with E-state index in [0.717, 1.165) is 18.4 Å². The van der Waals surface area contributed by atoms with Crippen molar-refractivity contribution in [3.8, 4) is 0 Å². The van der Waals surface area contributed by atoms with Gasteiger partial charge in [-0.3, -0.25) is 9.59 Å². The normalized spacial score (nSPS) is 21.3. The summed E-state index contributed by atoms with van der Waals surface area (Å²) in [7, 11) is 0. The number of aliphatic carboxylic acids is 1. The van der Waals surface area contributed by atoms with Gasteiger partial charge in [-0.05, 0) is 11.5 Å². The lowest BCUT2D eigenvalue weighted by Crippen LogP contribution is -2.31. The standard InChI is InChI=1S/C18H25NO3/c1-3-13(4-2)10-17(20)19-11-15(16(12-19)18(21)22)14-8-6-5-7-9-14/h5-9,13,15-16H,3-4,10-12H2,1-2H3,(H,21,22). The van der Waals surface area contributed by atoms with Crippen LogP contribution in [-0.4, -0.2) is 35.0 Å². The Morgan fingerprint density at radius 2 is 1.82 bits per heavy atom. The van der Waals surface area contributed by atoms with Crippen LogP contribution in [0.25, 0.3) is 0 Å². The van der Waals surface area contributed by atoms with E-state index in [2.05, 4.69) is 13.8 Å². The Bertz CT molecular complexity index is 510. The lowest BCUT2D eigenvalue weighted by atomic mass is 9.89. The van der Waals surface area contributed by atoms with E-state index in [4.69, 9.17) is 0 Å². The van der Waals surface area contributed by atoms with E-state index in [1.54, 1.807) is 4.90 Å². The minimum Gasteiger partial charge on any atom is -0.481 e. The molecular weight excluding hydrogens is 278 g/mol. The van der Waals surface area contributed by atoms with Crippen LogP contribution in [0.1, 0.15) is 44.6 Å². The van der Waals surface area contributed by atoms with E-state index >= 15 is 0 Å². The van der Waals surface area contributed by atoms with E-state index in [0.29, 0.717) is 25.4 Å². The molecule has 1 heterocycles. The zero-order chi connectivity index (χ0) is 16.1. The first-order valence-electron chi connectivity index (χ1n) is 8.12. The van der Waals surface area contributed by atoms with Gasteiger partial charge in [0, 0.05) is 25.4 Å². The van der Waals surface area contributed by atoms with Gasteiger partial charge < -0.3 is 10.0 Å². The fourth-order valence-electron chi connectivity index (χ4n) is 3.25. The smallest absolute Gasteiger partial charge is 0.308 e. The first-order valence-corrected chi connectivity index (χ1v) is 8.12. The van der Waals surface area contributed by atoms with Crippen LogP contribution in [-0.2, 0) is 9.59 Å². The molecule has 1 aliphatic rings. The Labute approximate surface area is 132 Å². The van der Waals surface area contributed by atoms with Crippen molar-refractivity contribution in [2.24, 2.45) is 11.8 Å². The predicted octanol–water partition coefficient (Wildman–Crippen LogP) is 3.14. The highest BCUT2D eigenvalue weighted by atomic mass is 16.4. The summed E-state index contributed by atoms with van der Waals surface area (Å²) in [4.78, 5) is 25.7. The molecule has 0 radical (unpaired) electrons. The maximum atomic E-state index is 12.5. The number of hydrogen-bond donors (Lipinski definition) is 1. The van der Waals surface area contributed by atoms with Crippen LogP contribution in [0.3, 0.4) is 0 Å². The number of rotatable bonds is 6. The van der Waals surface area contributed by atoms with Gasteiger partial charge in [0.25, 0.3) is 0 Å². The molecule has 0 bridgehead atoms. The molecule has 0 aliphatic carbocycles. The molecule has 1 N–H and O–H groups in total. The molecule has 0 spiro atoms. The monoisotopic (exact) mass is 303 g/mol. The molecule has 4 heteroatoms. The number of carbonyl (C=O) groups is 2. The van der Waals surface area contributed by atoms with Gasteiger partial charge in [-0.25, -0.2) is 0 Å². The summed E-state index contributed by atoms with van der Waals surface area (Å²) in [6, 6.07) is 9.67. The molecule has 1 aromatic rings. The zero-order valence-electron chi connectivity index (χ0n) is 13.4. The van der Waals surface area contributed by atoms with E-state index in [-0.39, 0.29) is 11.8 Å². The maximum absolute atomic E-state index is 12.5. The maximum Gasteiger partial charge on any atom is 0.308 e. The van der Waals surface area contributed by atoms with Crippen molar-refractivity contribution in [1.82, 2.24) is 4.90 Å². The fraction of sp³-hybridized carbons (Fsp3) is 0.556. The number of carboxylic acid groups (broad SMARTS) is 1. The molecule has 1 saturated heterocycles. The summed E-state index contributed by atoms with van der Waals surface area (Å²) in [6.45, 7) is 5.03. The zero-order valence-corrected chi connectivity index (χ0v) is 13.4. The average molecular weight is 303 g/mol. The van der Waals surface area contributed by atoms with E-state index in [1.807, 2.05) is 30.3 Å². The van der Waals surface area contributed by atoms with E-state index < -0.39 is 11.9 Å². The van der Waals surface area contributed by atoms with Gasteiger partial charge in [-0.1, -0.05) is 57.0 Å². The molecule has 2 atom stereocenters. The van der Waals surface area contributed by atoms with Crippen molar-refractivity contribution in [2.45, 2.75) is 39.0 Å². The number of carbonyl (C=O) groups excluding carboxylic acids is 1. The summed E-state index contributed by atoms with van der Waals surface area (Å²) in [5.74, 6) is -0.936. The van der Waals surface area contributed by atoms with Crippen LogP contribution in [0.15, 0.2) is 30.3 Å². The van der Waals surface area contributed by atoms with Gasteiger partial charge in [0.05, 0.1) is 5.92 Å². The Morgan fingerprint density at radius 3 is 2.36 bits per heavy atom. The Kier molecular flexibility index (Phi) is 5.58. The van der Waals surface area contributed by atoms with Crippen LogP contribution in [0, 0.1) is 11.8 Å². The molecular formula is C18H25NO3. The van der Waals surface area contributed by atoms with Crippen molar-refractivity contribution >= 4 is 11.9 Å². The molecule has 2 unspecified atom stereocenters. The molecule has 1 aliphatic heterocycles.